The molecule has 0 aliphatic rings. The van der Waals surface area contributed by atoms with Gasteiger partial charge in [0.25, 0.3) is 5.91 Å². The molecule has 0 fully saturated rings. The van der Waals surface area contributed by atoms with Crippen molar-refractivity contribution in [3.63, 3.8) is 0 Å². The van der Waals surface area contributed by atoms with Crippen LogP contribution in [0.4, 0.5) is 5.69 Å². The van der Waals surface area contributed by atoms with Crippen molar-refractivity contribution in [1.82, 2.24) is 24.9 Å². The Balaban J connectivity index is 1.84. The number of aryl methyl sites for hydroxylation is 3. The topological polar surface area (TPSA) is 93.8 Å². The number of carbonyl (C=O) groups is 2. The van der Waals surface area contributed by atoms with E-state index < -0.39 is 0 Å². The number of rotatable bonds is 5. The van der Waals surface area contributed by atoms with Gasteiger partial charge in [0, 0.05) is 25.5 Å². The van der Waals surface area contributed by atoms with Crippen molar-refractivity contribution in [2.45, 2.75) is 20.4 Å². The van der Waals surface area contributed by atoms with Crippen LogP contribution in [0.5, 0.6) is 0 Å². The van der Waals surface area contributed by atoms with Gasteiger partial charge in [-0.2, -0.15) is 10.2 Å². The monoisotopic (exact) mass is 290 g/mol. The van der Waals surface area contributed by atoms with Crippen LogP contribution >= 0.6 is 0 Å². The van der Waals surface area contributed by atoms with Crippen molar-refractivity contribution in [3.8, 4) is 0 Å². The molecule has 2 N–H and O–H groups in total. The molecule has 8 nitrogen and oxygen atoms in total. The Morgan fingerprint density at radius 2 is 2.14 bits per heavy atom. The molecular weight excluding hydrogens is 272 g/mol. The van der Waals surface area contributed by atoms with Gasteiger partial charge < -0.3 is 10.6 Å². The fourth-order valence-corrected chi connectivity index (χ4v) is 1.73. The summed E-state index contributed by atoms with van der Waals surface area (Å²) in [6.45, 7) is 4.41. The largest absolute Gasteiger partial charge is 0.342 e. The summed E-state index contributed by atoms with van der Waals surface area (Å²) in [5, 5.41) is 13.3. The lowest BCUT2D eigenvalue weighted by atomic mass is 10.3. The normalized spacial score (nSPS) is 10.4. The van der Waals surface area contributed by atoms with Gasteiger partial charge in [0.2, 0.25) is 5.91 Å². The molecule has 2 aromatic rings. The van der Waals surface area contributed by atoms with Gasteiger partial charge in [0.15, 0.2) is 0 Å². The summed E-state index contributed by atoms with van der Waals surface area (Å²) in [5.74, 6) is -0.690. The quantitative estimate of drug-likeness (QED) is 0.829. The molecule has 0 atom stereocenters. The van der Waals surface area contributed by atoms with E-state index in [1.54, 1.807) is 34.9 Å². The van der Waals surface area contributed by atoms with Crippen molar-refractivity contribution in [1.29, 1.82) is 0 Å². The Bertz CT molecular complexity index is 638. The molecule has 2 aromatic heterocycles. The first-order valence-electron chi connectivity index (χ1n) is 6.60. The first kappa shape index (κ1) is 14.8. The first-order valence-corrected chi connectivity index (χ1v) is 6.60. The predicted octanol–water partition coefficient (Wildman–Crippen LogP) is 0.313. The minimum absolute atomic E-state index is 0.119. The first-order chi connectivity index (χ1) is 9.99. The number of hydrogen-bond donors (Lipinski definition) is 2. The van der Waals surface area contributed by atoms with Crippen LogP contribution in [0.15, 0.2) is 18.5 Å². The minimum atomic E-state index is -0.377. The van der Waals surface area contributed by atoms with E-state index in [-0.39, 0.29) is 18.4 Å². The van der Waals surface area contributed by atoms with Gasteiger partial charge >= 0.3 is 0 Å². The number of amides is 2. The average Bonchev–Trinajstić information content (AvgIpc) is 3.03. The summed E-state index contributed by atoms with van der Waals surface area (Å²) in [6, 6.07) is 1.67. The van der Waals surface area contributed by atoms with E-state index in [1.807, 2.05) is 13.8 Å². The standard InChI is InChI=1S/C13H18N6O2/c1-4-19-8-10(6-15-19)16-12(20)7-14-13(21)11-5-9(2)18(3)17-11/h5-6,8H,4,7H2,1-3H3,(H,14,21)(H,16,20). The molecule has 0 aliphatic carbocycles. The molecule has 0 saturated carbocycles. The highest BCUT2D eigenvalue weighted by Gasteiger charge is 2.12. The molecule has 2 amide bonds. The molecule has 8 heteroatoms. The summed E-state index contributed by atoms with van der Waals surface area (Å²) in [7, 11) is 1.75. The minimum Gasteiger partial charge on any atom is -0.342 e. The molecule has 112 valence electrons. The van der Waals surface area contributed by atoms with Gasteiger partial charge in [-0.3, -0.25) is 19.0 Å². The molecule has 0 spiro atoms. The lowest BCUT2D eigenvalue weighted by Crippen LogP contribution is -2.33. The van der Waals surface area contributed by atoms with Crippen LogP contribution in [0, 0.1) is 6.92 Å². The van der Waals surface area contributed by atoms with E-state index in [1.165, 1.54) is 0 Å². The van der Waals surface area contributed by atoms with Gasteiger partial charge in [0.05, 0.1) is 18.4 Å². The molecular formula is C13H18N6O2. The summed E-state index contributed by atoms with van der Waals surface area (Å²) >= 11 is 0. The van der Waals surface area contributed by atoms with Crippen LogP contribution in [0.25, 0.3) is 0 Å². The maximum absolute atomic E-state index is 11.8. The maximum atomic E-state index is 11.8. The molecule has 0 aromatic carbocycles. The van der Waals surface area contributed by atoms with Gasteiger partial charge in [0.1, 0.15) is 5.69 Å². The highest BCUT2D eigenvalue weighted by molar-refractivity contribution is 5.98. The highest BCUT2D eigenvalue weighted by Crippen LogP contribution is 2.04. The van der Waals surface area contributed by atoms with Crippen LogP contribution in [-0.2, 0) is 18.4 Å². The van der Waals surface area contributed by atoms with Gasteiger partial charge in [-0.05, 0) is 19.9 Å². The third-order valence-electron chi connectivity index (χ3n) is 3.00. The molecule has 0 saturated heterocycles. The second-order valence-corrected chi connectivity index (χ2v) is 4.61. The average molecular weight is 290 g/mol. The molecule has 2 heterocycles. The Kier molecular flexibility index (Phi) is 4.36. The van der Waals surface area contributed by atoms with Crippen molar-refractivity contribution in [2.75, 3.05) is 11.9 Å². The number of nitrogens with zero attached hydrogens (tertiary/aromatic N) is 4. The van der Waals surface area contributed by atoms with E-state index in [9.17, 15) is 9.59 Å². The second kappa shape index (κ2) is 6.21. The summed E-state index contributed by atoms with van der Waals surface area (Å²) in [5.41, 5.74) is 1.77. The Hall–Kier alpha value is -2.64. The van der Waals surface area contributed by atoms with Crippen molar-refractivity contribution in [2.24, 2.45) is 7.05 Å². The number of nitrogens with one attached hydrogen (secondary N) is 2. The molecule has 0 bridgehead atoms. The van der Waals surface area contributed by atoms with Crippen molar-refractivity contribution >= 4 is 17.5 Å². The number of anilines is 1. The zero-order valence-corrected chi connectivity index (χ0v) is 12.3. The van der Waals surface area contributed by atoms with Crippen LogP contribution in [0.1, 0.15) is 23.1 Å². The number of carbonyl (C=O) groups excluding carboxylic acids is 2. The lowest BCUT2D eigenvalue weighted by Gasteiger charge is -2.03. The molecule has 2 rings (SSSR count). The van der Waals surface area contributed by atoms with E-state index in [0.29, 0.717) is 11.4 Å². The van der Waals surface area contributed by atoms with Crippen LogP contribution in [0.3, 0.4) is 0 Å². The van der Waals surface area contributed by atoms with E-state index >= 15 is 0 Å². The van der Waals surface area contributed by atoms with Crippen LogP contribution < -0.4 is 10.6 Å². The van der Waals surface area contributed by atoms with Crippen LogP contribution in [0.2, 0.25) is 0 Å². The molecule has 0 radical (unpaired) electrons. The summed E-state index contributed by atoms with van der Waals surface area (Å²) < 4.78 is 3.30. The van der Waals surface area contributed by atoms with Gasteiger partial charge in [-0.15, -0.1) is 0 Å². The Morgan fingerprint density at radius 3 is 2.71 bits per heavy atom. The summed E-state index contributed by atoms with van der Waals surface area (Å²) in [6.07, 6.45) is 3.28. The van der Waals surface area contributed by atoms with E-state index in [2.05, 4.69) is 20.8 Å². The predicted molar refractivity (Wildman–Crippen MR) is 76.8 cm³/mol. The third-order valence-corrected chi connectivity index (χ3v) is 3.00. The molecule has 21 heavy (non-hydrogen) atoms. The SMILES string of the molecule is CCn1cc(NC(=O)CNC(=O)c2cc(C)n(C)n2)cn1. The highest BCUT2D eigenvalue weighted by atomic mass is 16.2. The summed E-state index contributed by atoms with van der Waals surface area (Å²) in [4.78, 5) is 23.6. The van der Waals surface area contributed by atoms with Gasteiger partial charge in [-0.1, -0.05) is 0 Å². The maximum Gasteiger partial charge on any atom is 0.272 e. The Morgan fingerprint density at radius 1 is 1.38 bits per heavy atom. The van der Waals surface area contributed by atoms with Crippen LogP contribution in [-0.4, -0.2) is 37.9 Å². The van der Waals surface area contributed by atoms with E-state index in [4.69, 9.17) is 0 Å². The second-order valence-electron chi connectivity index (χ2n) is 4.61. The fraction of sp³-hybridized carbons (Fsp3) is 0.385. The third kappa shape index (κ3) is 3.68. The Labute approximate surface area is 122 Å². The van der Waals surface area contributed by atoms with Crippen molar-refractivity contribution in [3.05, 3.63) is 29.8 Å². The zero-order chi connectivity index (χ0) is 15.4. The zero-order valence-electron chi connectivity index (χ0n) is 12.3. The fourth-order valence-electron chi connectivity index (χ4n) is 1.73. The van der Waals surface area contributed by atoms with Crippen molar-refractivity contribution < 1.29 is 9.59 Å². The van der Waals surface area contributed by atoms with Gasteiger partial charge in [-0.25, -0.2) is 0 Å². The van der Waals surface area contributed by atoms with E-state index in [0.717, 1.165) is 12.2 Å². The smallest absolute Gasteiger partial charge is 0.272 e. The lowest BCUT2D eigenvalue weighted by molar-refractivity contribution is -0.115. The number of aromatic nitrogens is 4. The molecule has 0 aliphatic heterocycles. The number of hydrogen-bond acceptors (Lipinski definition) is 4. The molecule has 0 unspecified atom stereocenters.